The van der Waals surface area contributed by atoms with Crippen molar-refractivity contribution < 1.29 is 17.6 Å². The molecule has 2 fully saturated rings. The first-order valence-corrected chi connectivity index (χ1v) is 9.27. The Balaban J connectivity index is 1.65. The molecule has 1 aliphatic carbocycles. The first-order valence-electron chi connectivity index (χ1n) is 8.45. The van der Waals surface area contributed by atoms with Gasteiger partial charge in [0.25, 0.3) is 5.92 Å². The second kappa shape index (κ2) is 6.88. The Morgan fingerprint density at radius 2 is 1.71 bits per heavy atom. The average Bonchev–Trinajstić information content (AvgIpc) is 2.99. The fourth-order valence-electron chi connectivity index (χ4n) is 3.54. The Hall–Kier alpha value is -0.730. The fourth-order valence-corrected chi connectivity index (χ4v) is 4.77. The molecule has 1 saturated carbocycles. The number of likely N-dealkylation sites (tertiary alicyclic amines) is 1. The van der Waals surface area contributed by atoms with Gasteiger partial charge in [0.15, 0.2) is 0 Å². The summed E-state index contributed by atoms with van der Waals surface area (Å²) in [5.74, 6) is -5.05. The molecule has 2 heterocycles. The van der Waals surface area contributed by atoms with E-state index in [1.54, 1.807) is 6.20 Å². The lowest BCUT2D eigenvalue weighted by molar-refractivity contribution is -0.0625. The van der Waals surface area contributed by atoms with E-state index in [0.717, 1.165) is 9.88 Å². The highest BCUT2D eigenvalue weighted by Crippen LogP contribution is 2.43. The Kier molecular flexibility index (Phi) is 5.18. The highest BCUT2D eigenvalue weighted by molar-refractivity contribution is 7.11. The minimum atomic E-state index is -2.58. The van der Waals surface area contributed by atoms with Gasteiger partial charge in [0.2, 0.25) is 5.92 Å². The predicted octanol–water partition coefficient (Wildman–Crippen LogP) is 4.17. The molecule has 0 bridgehead atoms. The van der Waals surface area contributed by atoms with Gasteiger partial charge < -0.3 is 5.73 Å². The minimum absolute atomic E-state index is 0.0764. The smallest absolute Gasteiger partial charge is 0.250 e. The summed E-state index contributed by atoms with van der Waals surface area (Å²) < 4.78 is 53.2. The SMILES string of the molecule is NCC(c1cnc(C2CCC(F)(F)CC2)s1)N1CCC(F)(F)CC1. The summed E-state index contributed by atoms with van der Waals surface area (Å²) in [5, 5.41) is 0.876. The number of thiazole rings is 1. The van der Waals surface area contributed by atoms with Crippen LogP contribution in [0.25, 0.3) is 0 Å². The lowest BCUT2D eigenvalue weighted by Gasteiger charge is -2.36. The van der Waals surface area contributed by atoms with Crippen LogP contribution in [-0.2, 0) is 0 Å². The van der Waals surface area contributed by atoms with Crippen molar-refractivity contribution in [3.63, 3.8) is 0 Å². The fraction of sp³-hybridized carbons (Fsp3) is 0.812. The zero-order valence-corrected chi connectivity index (χ0v) is 14.3. The van der Waals surface area contributed by atoms with Gasteiger partial charge >= 0.3 is 0 Å². The lowest BCUT2D eigenvalue weighted by Crippen LogP contribution is -2.43. The molecule has 1 unspecified atom stereocenters. The van der Waals surface area contributed by atoms with E-state index in [1.807, 2.05) is 4.90 Å². The number of nitrogens with zero attached hydrogens (tertiary/aromatic N) is 2. The van der Waals surface area contributed by atoms with Gasteiger partial charge in [-0.15, -0.1) is 11.3 Å². The molecule has 0 spiro atoms. The quantitative estimate of drug-likeness (QED) is 0.815. The molecule has 1 aliphatic heterocycles. The van der Waals surface area contributed by atoms with E-state index in [-0.39, 0.29) is 37.6 Å². The van der Waals surface area contributed by atoms with Crippen molar-refractivity contribution in [3.8, 4) is 0 Å². The van der Waals surface area contributed by atoms with E-state index in [0.29, 0.717) is 32.5 Å². The summed E-state index contributed by atoms with van der Waals surface area (Å²) in [4.78, 5) is 7.37. The van der Waals surface area contributed by atoms with E-state index < -0.39 is 11.8 Å². The van der Waals surface area contributed by atoms with E-state index in [2.05, 4.69) is 4.98 Å². The van der Waals surface area contributed by atoms with Crippen molar-refractivity contribution >= 4 is 11.3 Å². The van der Waals surface area contributed by atoms with Crippen LogP contribution < -0.4 is 5.73 Å². The first kappa shape index (κ1) is 18.1. The van der Waals surface area contributed by atoms with Crippen molar-refractivity contribution in [1.29, 1.82) is 0 Å². The Morgan fingerprint density at radius 3 is 2.29 bits per heavy atom. The molecule has 8 heteroatoms. The molecule has 3 nitrogen and oxygen atoms in total. The van der Waals surface area contributed by atoms with Crippen LogP contribution in [0.3, 0.4) is 0 Å². The zero-order chi connectivity index (χ0) is 17.4. The van der Waals surface area contributed by atoms with Gasteiger partial charge in [-0.05, 0) is 12.8 Å². The van der Waals surface area contributed by atoms with Gasteiger partial charge in [-0.3, -0.25) is 4.90 Å². The van der Waals surface area contributed by atoms with E-state index >= 15 is 0 Å². The standard InChI is InChI=1S/C16H23F4N3S/c17-15(18)3-1-11(2-4-15)14-22-10-13(24-14)12(9-21)23-7-5-16(19,20)6-8-23/h10-12H,1-9,21H2. The molecule has 2 aliphatic rings. The van der Waals surface area contributed by atoms with Gasteiger partial charge in [-0.1, -0.05) is 0 Å². The maximum Gasteiger partial charge on any atom is 0.250 e. The van der Waals surface area contributed by atoms with Crippen LogP contribution in [0.4, 0.5) is 17.6 Å². The number of alkyl halides is 4. The van der Waals surface area contributed by atoms with E-state index in [9.17, 15) is 17.6 Å². The van der Waals surface area contributed by atoms with Crippen molar-refractivity contribution in [3.05, 3.63) is 16.1 Å². The summed E-state index contributed by atoms with van der Waals surface area (Å²) in [6.45, 7) is 0.978. The van der Waals surface area contributed by atoms with Crippen LogP contribution in [0.1, 0.15) is 60.4 Å². The molecule has 136 valence electrons. The number of hydrogen-bond donors (Lipinski definition) is 1. The monoisotopic (exact) mass is 365 g/mol. The number of rotatable bonds is 4. The van der Waals surface area contributed by atoms with Gasteiger partial charge in [-0.2, -0.15) is 0 Å². The minimum Gasteiger partial charge on any atom is -0.329 e. The third kappa shape index (κ3) is 4.08. The summed E-state index contributed by atoms with van der Waals surface area (Å²) >= 11 is 1.50. The molecule has 1 aromatic rings. The summed E-state index contributed by atoms with van der Waals surface area (Å²) in [5.41, 5.74) is 5.88. The maximum absolute atomic E-state index is 13.3. The number of hydrogen-bond acceptors (Lipinski definition) is 4. The second-order valence-corrected chi connectivity index (χ2v) is 7.97. The number of halogens is 4. The largest absolute Gasteiger partial charge is 0.329 e. The topological polar surface area (TPSA) is 42.1 Å². The Morgan fingerprint density at radius 1 is 1.12 bits per heavy atom. The first-order chi connectivity index (χ1) is 11.3. The summed E-state index contributed by atoms with van der Waals surface area (Å²) in [6.07, 6.45) is 2.17. The van der Waals surface area contributed by atoms with Crippen molar-refractivity contribution in [2.24, 2.45) is 5.73 Å². The van der Waals surface area contributed by atoms with Gasteiger partial charge in [0, 0.05) is 62.3 Å². The molecular weight excluding hydrogens is 342 g/mol. The van der Waals surface area contributed by atoms with Crippen LogP contribution in [0.5, 0.6) is 0 Å². The summed E-state index contributed by atoms with van der Waals surface area (Å²) in [7, 11) is 0. The van der Waals surface area contributed by atoms with Crippen LogP contribution >= 0.6 is 11.3 Å². The molecule has 24 heavy (non-hydrogen) atoms. The summed E-state index contributed by atoms with van der Waals surface area (Å²) in [6, 6.07) is -0.114. The molecule has 1 aromatic heterocycles. The van der Waals surface area contributed by atoms with Gasteiger partial charge in [-0.25, -0.2) is 22.5 Å². The van der Waals surface area contributed by atoms with Gasteiger partial charge in [0.05, 0.1) is 11.0 Å². The maximum atomic E-state index is 13.3. The molecule has 0 amide bonds. The van der Waals surface area contributed by atoms with E-state index in [4.69, 9.17) is 5.73 Å². The van der Waals surface area contributed by atoms with Crippen molar-refractivity contribution in [2.45, 2.75) is 62.3 Å². The molecule has 0 radical (unpaired) electrons. The molecule has 0 aromatic carbocycles. The van der Waals surface area contributed by atoms with Crippen LogP contribution in [0.2, 0.25) is 0 Å². The lowest BCUT2D eigenvalue weighted by atomic mass is 9.87. The van der Waals surface area contributed by atoms with Crippen molar-refractivity contribution in [1.82, 2.24) is 9.88 Å². The molecule has 3 rings (SSSR count). The highest BCUT2D eigenvalue weighted by Gasteiger charge is 2.38. The predicted molar refractivity (Wildman–Crippen MR) is 85.8 cm³/mol. The third-order valence-electron chi connectivity index (χ3n) is 5.13. The normalized spacial score (nSPS) is 26.4. The molecule has 1 saturated heterocycles. The third-order valence-corrected chi connectivity index (χ3v) is 6.39. The number of piperidine rings is 1. The average molecular weight is 365 g/mol. The molecule has 1 atom stereocenters. The molecular formula is C16H23F4N3S. The Labute approximate surface area is 143 Å². The van der Waals surface area contributed by atoms with Crippen molar-refractivity contribution in [2.75, 3.05) is 19.6 Å². The number of nitrogens with two attached hydrogens (primary N) is 1. The van der Waals surface area contributed by atoms with Crippen LogP contribution in [0.15, 0.2) is 6.20 Å². The highest BCUT2D eigenvalue weighted by atomic mass is 32.1. The molecule has 2 N–H and O–H groups in total. The van der Waals surface area contributed by atoms with Crippen LogP contribution in [-0.4, -0.2) is 41.4 Å². The van der Waals surface area contributed by atoms with Gasteiger partial charge in [0.1, 0.15) is 0 Å². The second-order valence-electron chi connectivity index (χ2n) is 6.87. The van der Waals surface area contributed by atoms with Crippen LogP contribution in [0, 0.1) is 0 Å². The Bertz CT molecular complexity index is 543. The zero-order valence-electron chi connectivity index (χ0n) is 13.5. The van der Waals surface area contributed by atoms with E-state index in [1.165, 1.54) is 11.3 Å². The number of aromatic nitrogens is 1.